The van der Waals surface area contributed by atoms with E-state index in [9.17, 15) is 19.8 Å². The van der Waals surface area contributed by atoms with Crippen LogP contribution in [-0.2, 0) is 6.54 Å². The molecule has 4 rings (SSSR count). The number of rotatable bonds is 7. The van der Waals surface area contributed by atoms with Crippen LogP contribution in [0.2, 0.25) is 5.02 Å². The molecule has 0 saturated carbocycles. The average Bonchev–Trinajstić information content (AvgIpc) is 2.85. The number of amides is 1. The Morgan fingerprint density at radius 3 is 2.12 bits per heavy atom. The zero-order valence-electron chi connectivity index (χ0n) is 17.9. The van der Waals surface area contributed by atoms with E-state index in [4.69, 9.17) is 16.3 Å². The summed E-state index contributed by atoms with van der Waals surface area (Å²) < 4.78 is 5.79. The van der Waals surface area contributed by atoms with E-state index in [0.717, 1.165) is 5.56 Å². The minimum atomic E-state index is -1.29. The first-order chi connectivity index (χ1) is 16.4. The van der Waals surface area contributed by atoms with Crippen LogP contribution in [0.15, 0.2) is 97.1 Å². The van der Waals surface area contributed by atoms with Gasteiger partial charge in [0.15, 0.2) is 0 Å². The van der Waals surface area contributed by atoms with E-state index in [2.05, 4.69) is 0 Å². The lowest BCUT2D eigenvalue weighted by Gasteiger charge is -2.24. The summed E-state index contributed by atoms with van der Waals surface area (Å²) in [4.78, 5) is 26.5. The minimum absolute atomic E-state index is 0.169. The number of benzene rings is 4. The van der Waals surface area contributed by atoms with Crippen LogP contribution in [0.1, 0.15) is 26.3 Å². The fourth-order valence-corrected chi connectivity index (χ4v) is 3.49. The predicted octanol–water partition coefficient (Wildman–Crippen LogP) is 6.38. The van der Waals surface area contributed by atoms with Gasteiger partial charge in [0.1, 0.15) is 22.8 Å². The fourth-order valence-electron chi connectivity index (χ4n) is 3.36. The number of carbonyl (C=O) groups is 2. The van der Waals surface area contributed by atoms with Crippen molar-refractivity contribution in [1.82, 2.24) is 0 Å². The Labute approximate surface area is 201 Å². The number of phenols is 1. The van der Waals surface area contributed by atoms with Gasteiger partial charge in [0.2, 0.25) is 0 Å². The van der Waals surface area contributed by atoms with Gasteiger partial charge in [-0.2, -0.15) is 0 Å². The van der Waals surface area contributed by atoms with E-state index in [1.54, 1.807) is 48.5 Å². The van der Waals surface area contributed by atoms with Crippen molar-refractivity contribution in [3.05, 3.63) is 119 Å². The van der Waals surface area contributed by atoms with Crippen LogP contribution in [0.5, 0.6) is 17.2 Å². The van der Waals surface area contributed by atoms with Gasteiger partial charge in [0, 0.05) is 16.3 Å². The summed E-state index contributed by atoms with van der Waals surface area (Å²) in [5.41, 5.74) is 1.23. The summed E-state index contributed by atoms with van der Waals surface area (Å²) in [6.07, 6.45) is 0. The number of nitrogens with zero attached hydrogens (tertiary/aromatic N) is 1. The maximum absolute atomic E-state index is 13.5. The molecule has 0 aromatic heterocycles. The number of para-hydroxylation sites is 1. The number of anilines is 1. The maximum atomic E-state index is 13.5. The Kier molecular flexibility index (Phi) is 6.80. The number of aromatic hydroxyl groups is 1. The van der Waals surface area contributed by atoms with Crippen LogP contribution < -0.4 is 9.64 Å². The van der Waals surface area contributed by atoms with Crippen LogP contribution >= 0.6 is 11.6 Å². The van der Waals surface area contributed by atoms with E-state index >= 15 is 0 Å². The Hall–Kier alpha value is -4.29. The van der Waals surface area contributed by atoms with Crippen LogP contribution in [0.25, 0.3) is 0 Å². The second-order valence-electron chi connectivity index (χ2n) is 7.46. The number of carboxylic acid groups (broad SMARTS) is 1. The largest absolute Gasteiger partial charge is 0.507 e. The summed E-state index contributed by atoms with van der Waals surface area (Å²) in [5, 5.41) is 19.9. The van der Waals surface area contributed by atoms with Gasteiger partial charge in [-0.05, 0) is 72.3 Å². The number of carboxylic acids is 1. The van der Waals surface area contributed by atoms with Crippen molar-refractivity contribution < 1.29 is 24.5 Å². The van der Waals surface area contributed by atoms with Crippen molar-refractivity contribution in [2.75, 3.05) is 4.90 Å². The smallest absolute Gasteiger partial charge is 0.339 e. The average molecular weight is 474 g/mol. The lowest BCUT2D eigenvalue weighted by Crippen LogP contribution is -2.30. The summed E-state index contributed by atoms with van der Waals surface area (Å²) in [6, 6.07) is 27.0. The van der Waals surface area contributed by atoms with Crippen molar-refractivity contribution in [2.24, 2.45) is 0 Å². The Morgan fingerprint density at radius 1 is 0.824 bits per heavy atom. The third-order valence-corrected chi connectivity index (χ3v) is 5.35. The molecule has 2 N–H and O–H groups in total. The van der Waals surface area contributed by atoms with Gasteiger partial charge in [-0.1, -0.05) is 41.9 Å². The lowest BCUT2D eigenvalue weighted by molar-refractivity contribution is 0.0693. The molecule has 0 radical (unpaired) electrons. The van der Waals surface area contributed by atoms with Gasteiger partial charge in [0.05, 0.1) is 6.54 Å². The SMILES string of the molecule is O=C(O)c1cc(N(Cc2ccc(Cl)cc2)C(=O)c2ccc(Oc3ccccc3)cc2)ccc1O. The molecule has 0 heterocycles. The number of halogens is 1. The Bertz CT molecular complexity index is 1310. The Morgan fingerprint density at radius 2 is 1.47 bits per heavy atom. The van der Waals surface area contributed by atoms with Gasteiger partial charge >= 0.3 is 5.97 Å². The molecule has 170 valence electrons. The highest BCUT2D eigenvalue weighted by molar-refractivity contribution is 6.30. The third-order valence-electron chi connectivity index (χ3n) is 5.10. The number of aromatic carboxylic acids is 1. The molecule has 0 bridgehead atoms. The molecule has 0 fully saturated rings. The predicted molar refractivity (Wildman–Crippen MR) is 130 cm³/mol. The normalized spacial score (nSPS) is 10.5. The zero-order chi connectivity index (χ0) is 24.1. The quantitative estimate of drug-likeness (QED) is 0.325. The molecular formula is C27H20ClNO5. The van der Waals surface area contributed by atoms with E-state index in [1.165, 1.54) is 23.1 Å². The molecule has 0 atom stereocenters. The fraction of sp³-hybridized carbons (Fsp3) is 0.0370. The monoisotopic (exact) mass is 473 g/mol. The molecule has 6 nitrogen and oxygen atoms in total. The second kappa shape index (κ2) is 10.1. The van der Waals surface area contributed by atoms with Gasteiger partial charge in [-0.15, -0.1) is 0 Å². The van der Waals surface area contributed by atoms with E-state index in [-0.39, 0.29) is 23.8 Å². The number of ether oxygens (including phenoxy) is 1. The first kappa shape index (κ1) is 22.9. The molecule has 0 saturated heterocycles. The molecule has 4 aromatic carbocycles. The first-order valence-electron chi connectivity index (χ1n) is 10.4. The van der Waals surface area contributed by atoms with E-state index in [0.29, 0.717) is 27.8 Å². The highest BCUT2D eigenvalue weighted by atomic mass is 35.5. The molecule has 0 unspecified atom stereocenters. The van der Waals surface area contributed by atoms with E-state index < -0.39 is 5.97 Å². The van der Waals surface area contributed by atoms with Crippen LogP contribution in [-0.4, -0.2) is 22.1 Å². The summed E-state index contributed by atoms with van der Waals surface area (Å²) in [7, 11) is 0. The number of carbonyl (C=O) groups excluding carboxylic acids is 1. The van der Waals surface area contributed by atoms with Crippen molar-refractivity contribution in [1.29, 1.82) is 0 Å². The number of hydrogen-bond donors (Lipinski definition) is 2. The lowest BCUT2D eigenvalue weighted by atomic mass is 10.1. The van der Waals surface area contributed by atoms with Crippen molar-refractivity contribution in [3.63, 3.8) is 0 Å². The van der Waals surface area contributed by atoms with Crippen molar-refractivity contribution in [3.8, 4) is 17.2 Å². The zero-order valence-corrected chi connectivity index (χ0v) is 18.6. The van der Waals surface area contributed by atoms with Gasteiger partial charge in [-0.3, -0.25) is 4.79 Å². The topological polar surface area (TPSA) is 87.1 Å². The second-order valence-corrected chi connectivity index (χ2v) is 7.90. The molecule has 0 aliphatic heterocycles. The van der Waals surface area contributed by atoms with Crippen LogP contribution in [0.4, 0.5) is 5.69 Å². The molecule has 7 heteroatoms. The van der Waals surface area contributed by atoms with Gasteiger partial charge in [-0.25, -0.2) is 4.79 Å². The third kappa shape index (κ3) is 5.36. The van der Waals surface area contributed by atoms with E-state index in [1.807, 2.05) is 30.3 Å². The van der Waals surface area contributed by atoms with Crippen molar-refractivity contribution in [2.45, 2.75) is 6.54 Å². The number of hydrogen-bond acceptors (Lipinski definition) is 4. The Balaban J connectivity index is 1.65. The molecular weight excluding hydrogens is 454 g/mol. The standard InChI is InChI=1S/C27H20ClNO5/c28-20-10-6-18(7-11-20)17-29(21-12-15-25(30)24(16-21)27(32)33)26(31)19-8-13-23(14-9-19)34-22-4-2-1-3-5-22/h1-16,30H,17H2,(H,32,33). The highest BCUT2D eigenvalue weighted by Crippen LogP contribution is 2.28. The molecule has 1 amide bonds. The molecule has 4 aromatic rings. The van der Waals surface area contributed by atoms with Gasteiger partial charge < -0.3 is 19.8 Å². The van der Waals surface area contributed by atoms with Crippen molar-refractivity contribution >= 4 is 29.2 Å². The highest BCUT2D eigenvalue weighted by Gasteiger charge is 2.21. The molecule has 0 aliphatic carbocycles. The first-order valence-corrected chi connectivity index (χ1v) is 10.7. The summed E-state index contributed by atoms with van der Waals surface area (Å²) in [6.45, 7) is 0.169. The maximum Gasteiger partial charge on any atom is 0.339 e. The minimum Gasteiger partial charge on any atom is -0.507 e. The summed E-state index contributed by atoms with van der Waals surface area (Å²) >= 11 is 5.98. The molecule has 34 heavy (non-hydrogen) atoms. The van der Waals surface area contributed by atoms with Crippen LogP contribution in [0, 0.1) is 0 Å². The molecule has 0 spiro atoms. The summed E-state index contributed by atoms with van der Waals surface area (Å²) in [5.74, 6) is -0.762. The molecule has 0 aliphatic rings. The van der Waals surface area contributed by atoms with Crippen LogP contribution in [0.3, 0.4) is 0 Å². The van der Waals surface area contributed by atoms with Gasteiger partial charge in [0.25, 0.3) is 5.91 Å².